The molecule has 1 fully saturated rings. The number of hydrogen-bond acceptors (Lipinski definition) is 2. The van der Waals surface area contributed by atoms with Gasteiger partial charge in [0.15, 0.2) is 0 Å². The van der Waals surface area contributed by atoms with E-state index in [0.29, 0.717) is 19.1 Å². The summed E-state index contributed by atoms with van der Waals surface area (Å²) in [6.45, 7) is 9.90. The van der Waals surface area contributed by atoms with Gasteiger partial charge in [-0.25, -0.2) is 0 Å². The minimum atomic E-state index is -0.671. The molecule has 2 rings (SSSR count). The van der Waals surface area contributed by atoms with E-state index in [9.17, 15) is 4.79 Å². The van der Waals surface area contributed by atoms with E-state index in [2.05, 4.69) is 44.7 Å². The van der Waals surface area contributed by atoms with Crippen LogP contribution >= 0.6 is 0 Å². The Kier molecular flexibility index (Phi) is 3.44. The molecule has 3 heteroatoms. The summed E-state index contributed by atoms with van der Waals surface area (Å²) in [5, 5.41) is 8.92. The van der Waals surface area contributed by atoms with E-state index < -0.39 is 5.97 Å². The number of carboxylic acid groups (broad SMARTS) is 1. The fourth-order valence-corrected chi connectivity index (χ4v) is 3.02. The third kappa shape index (κ3) is 2.27. The molecular weight excluding hydrogens is 226 g/mol. The van der Waals surface area contributed by atoms with Crippen molar-refractivity contribution in [1.82, 2.24) is 4.90 Å². The normalized spacial score (nSPS) is 18.4. The molecule has 1 unspecified atom stereocenters. The van der Waals surface area contributed by atoms with Gasteiger partial charge in [0.05, 0.1) is 5.92 Å². The van der Waals surface area contributed by atoms with Crippen LogP contribution in [0.1, 0.15) is 35.2 Å². The lowest BCUT2D eigenvalue weighted by Gasteiger charge is -2.42. The van der Waals surface area contributed by atoms with Crippen LogP contribution in [0.3, 0.4) is 0 Å². The van der Waals surface area contributed by atoms with Crippen LogP contribution in [0, 0.1) is 26.7 Å². The monoisotopic (exact) mass is 247 g/mol. The zero-order valence-corrected chi connectivity index (χ0v) is 11.5. The average Bonchev–Trinajstić information content (AvgIpc) is 2.11. The summed E-state index contributed by atoms with van der Waals surface area (Å²) >= 11 is 0. The van der Waals surface area contributed by atoms with Gasteiger partial charge in [-0.05, 0) is 44.4 Å². The lowest BCUT2D eigenvalue weighted by molar-refractivity contribution is -0.148. The first-order valence-corrected chi connectivity index (χ1v) is 6.44. The van der Waals surface area contributed by atoms with Crippen molar-refractivity contribution in [3.05, 3.63) is 34.4 Å². The molecule has 1 atom stereocenters. The molecule has 0 saturated carbocycles. The Hall–Kier alpha value is -1.35. The number of aryl methyl sites for hydroxylation is 3. The van der Waals surface area contributed by atoms with Crippen molar-refractivity contribution in [2.24, 2.45) is 5.92 Å². The summed E-state index contributed by atoms with van der Waals surface area (Å²) < 4.78 is 0. The Bertz CT molecular complexity index is 452. The van der Waals surface area contributed by atoms with E-state index in [4.69, 9.17) is 5.11 Å². The molecule has 1 aromatic carbocycles. The van der Waals surface area contributed by atoms with Gasteiger partial charge in [0, 0.05) is 19.1 Å². The van der Waals surface area contributed by atoms with Gasteiger partial charge in [-0.1, -0.05) is 17.7 Å². The molecule has 18 heavy (non-hydrogen) atoms. The highest BCUT2D eigenvalue weighted by Crippen LogP contribution is 2.32. The molecule has 0 aromatic heterocycles. The van der Waals surface area contributed by atoms with E-state index in [-0.39, 0.29) is 5.92 Å². The smallest absolute Gasteiger partial charge is 0.309 e. The molecule has 0 amide bonds. The first-order chi connectivity index (χ1) is 8.40. The number of benzene rings is 1. The Balaban J connectivity index is 2.16. The highest BCUT2D eigenvalue weighted by atomic mass is 16.4. The predicted molar refractivity (Wildman–Crippen MR) is 71.8 cm³/mol. The van der Waals surface area contributed by atoms with Gasteiger partial charge < -0.3 is 5.11 Å². The van der Waals surface area contributed by atoms with E-state index in [1.165, 1.54) is 22.3 Å². The molecule has 1 N–H and O–H groups in total. The van der Waals surface area contributed by atoms with Gasteiger partial charge in [-0.2, -0.15) is 0 Å². The predicted octanol–water partition coefficient (Wildman–Crippen LogP) is 2.69. The molecule has 1 saturated heterocycles. The van der Waals surface area contributed by atoms with Gasteiger partial charge in [0.25, 0.3) is 0 Å². The van der Waals surface area contributed by atoms with Crippen molar-refractivity contribution in [1.29, 1.82) is 0 Å². The van der Waals surface area contributed by atoms with Crippen LogP contribution in [-0.2, 0) is 4.79 Å². The minimum Gasteiger partial charge on any atom is -0.481 e. The minimum absolute atomic E-state index is 0.182. The number of rotatable bonds is 3. The van der Waals surface area contributed by atoms with E-state index >= 15 is 0 Å². The van der Waals surface area contributed by atoms with Gasteiger partial charge >= 0.3 is 5.97 Å². The second-order valence-electron chi connectivity index (χ2n) is 5.48. The van der Waals surface area contributed by atoms with Crippen LogP contribution in [0.25, 0.3) is 0 Å². The van der Waals surface area contributed by atoms with Gasteiger partial charge in [0.1, 0.15) is 0 Å². The van der Waals surface area contributed by atoms with Gasteiger partial charge in [-0.15, -0.1) is 0 Å². The highest BCUT2D eigenvalue weighted by Gasteiger charge is 2.36. The van der Waals surface area contributed by atoms with Crippen molar-refractivity contribution >= 4 is 5.97 Å². The average molecular weight is 247 g/mol. The lowest BCUT2D eigenvalue weighted by Crippen LogP contribution is -2.51. The standard InChI is InChI=1S/C15H21NO2/c1-9-5-10(2)14(11(3)6-9)12(4)16-7-13(8-16)15(17)18/h5-6,12-13H,7-8H2,1-4H3,(H,17,18). The first-order valence-electron chi connectivity index (χ1n) is 6.44. The van der Waals surface area contributed by atoms with Crippen LogP contribution in [0.4, 0.5) is 0 Å². The van der Waals surface area contributed by atoms with Crippen LogP contribution in [0.2, 0.25) is 0 Å². The molecule has 0 bridgehead atoms. The molecule has 1 aromatic rings. The van der Waals surface area contributed by atoms with Crippen molar-refractivity contribution in [2.45, 2.75) is 33.7 Å². The first kappa shape index (κ1) is 13.1. The lowest BCUT2D eigenvalue weighted by atomic mass is 9.90. The molecule has 1 heterocycles. The maximum atomic E-state index is 10.8. The maximum absolute atomic E-state index is 10.8. The Morgan fingerprint density at radius 3 is 2.22 bits per heavy atom. The van der Waals surface area contributed by atoms with Crippen molar-refractivity contribution in [3.8, 4) is 0 Å². The van der Waals surface area contributed by atoms with Crippen LogP contribution < -0.4 is 0 Å². The molecule has 0 aliphatic carbocycles. The summed E-state index contributed by atoms with van der Waals surface area (Å²) in [7, 11) is 0. The molecule has 1 aliphatic heterocycles. The Labute approximate surface area is 108 Å². The van der Waals surface area contributed by atoms with Crippen molar-refractivity contribution < 1.29 is 9.90 Å². The number of hydrogen-bond donors (Lipinski definition) is 1. The number of likely N-dealkylation sites (tertiary alicyclic amines) is 1. The van der Waals surface area contributed by atoms with Gasteiger partial charge in [0.2, 0.25) is 0 Å². The summed E-state index contributed by atoms with van der Waals surface area (Å²) in [4.78, 5) is 13.1. The second-order valence-corrected chi connectivity index (χ2v) is 5.48. The van der Waals surface area contributed by atoms with Crippen LogP contribution in [0.5, 0.6) is 0 Å². The zero-order valence-electron chi connectivity index (χ0n) is 11.5. The fourth-order valence-electron chi connectivity index (χ4n) is 3.02. The maximum Gasteiger partial charge on any atom is 0.309 e. The highest BCUT2D eigenvalue weighted by molar-refractivity contribution is 5.71. The molecule has 98 valence electrons. The van der Waals surface area contributed by atoms with E-state index in [1.807, 2.05) is 0 Å². The number of nitrogens with zero attached hydrogens (tertiary/aromatic N) is 1. The number of aliphatic carboxylic acids is 1. The molecule has 0 spiro atoms. The Morgan fingerprint density at radius 1 is 1.28 bits per heavy atom. The van der Waals surface area contributed by atoms with Crippen molar-refractivity contribution in [3.63, 3.8) is 0 Å². The summed E-state index contributed by atoms with van der Waals surface area (Å²) in [6, 6.07) is 4.71. The van der Waals surface area contributed by atoms with Crippen LogP contribution in [0.15, 0.2) is 12.1 Å². The quantitative estimate of drug-likeness (QED) is 0.892. The molecule has 0 radical (unpaired) electrons. The molecular formula is C15H21NO2. The van der Waals surface area contributed by atoms with Gasteiger partial charge in [-0.3, -0.25) is 9.69 Å². The molecule has 3 nitrogen and oxygen atoms in total. The zero-order chi connectivity index (χ0) is 13.4. The number of carboxylic acids is 1. The molecule has 1 aliphatic rings. The third-order valence-electron chi connectivity index (χ3n) is 3.96. The summed E-state index contributed by atoms with van der Waals surface area (Å²) in [6.07, 6.45) is 0. The van der Waals surface area contributed by atoms with Crippen molar-refractivity contribution in [2.75, 3.05) is 13.1 Å². The topological polar surface area (TPSA) is 40.5 Å². The summed E-state index contributed by atoms with van der Waals surface area (Å²) in [5.41, 5.74) is 5.25. The van der Waals surface area contributed by atoms with E-state index in [1.54, 1.807) is 0 Å². The third-order valence-corrected chi connectivity index (χ3v) is 3.96. The summed E-state index contributed by atoms with van der Waals surface area (Å²) in [5.74, 6) is -0.852. The van der Waals surface area contributed by atoms with Crippen LogP contribution in [-0.4, -0.2) is 29.1 Å². The van der Waals surface area contributed by atoms with E-state index in [0.717, 1.165) is 0 Å². The number of carbonyl (C=O) groups is 1. The largest absolute Gasteiger partial charge is 0.481 e. The second kappa shape index (κ2) is 4.73. The Morgan fingerprint density at radius 2 is 1.78 bits per heavy atom. The SMILES string of the molecule is Cc1cc(C)c(C(C)N2CC(C(=O)O)C2)c(C)c1. The fraction of sp³-hybridized carbons (Fsp3) is 0.533.